The number of rotatable bonds is 0. The van der Waals surface area contributed by atoms with E-state index < -0.39 is 0 Å². The van der Waals surface area contributed by atoms with Crippen LogP contribution in [0.5, 0.6) is 0 Å². The van der Waals surface area contributed by atoms with Gasteiger partial charge >= 0.3 is 0 Å². The molecule has 21 heavy (non-hydrogen) atoms. The van der Waals surface area contributed by atoms with Crippen LogP contribution in [0.25, 0.3) is 0 Å². The maximum atomic E-state index is 10.2. The number of hydrogen-bond acceptors (Lipinski definition) is 3. The van der Waals surface area contributed by atoms with Gasteiger partial charge in [0.2, 0.25) is 0 Å². The molecule has 0 saturated heterocycles. The Morgan fingerprint density at radius 1 is 1.19 bits per heavy atom. The Morgan fingerprint density at radius 2 is 2.00 bits per heavy atom. The van der Waals surface area contributed by atoms with Crippen molar-refractivity contribution in [2.45, 2.75) is 51.6 Å². The van der Waals surface area contributed by atoms with Gasteiger partial charge < -0.3 is 15.3 Å². The second-order valence-corrected chi connectivity index (χ2v) is 7.56. The van der Waals surface area contributed by atoms with E-state index in [9.17, 15) is 15.3 Å². The average molecular weight is 288 g/mol. The molecule has 2 saturated carbocycles. The summed E-state index contributed by atoms with van der Waals surface area (Å²) < 4.78 is 0. The lowest BCUT2D eigenvalue weighted by Gasteiger charge is -2.48. The van der Waals surface area contributed by atoms with E-state index in [1.165, 1.54) is 5.57 Å². The molecule has 4 aliphatic carbocycles. The highest BCUT2D eigenvalue weighted by Crippen LogP contribution is 2.59. The Kier molecular flexibility index (Phi) is 2.81. The third-order valence-corrected chi connectivity index (χ3v) is 6.48. The van der Waals surface area contributed by atoms with Crippen molar-refractivity contribution in [3.63, 3.8) is 0 Å². The van der Waals surface area contributed by atoms with Gasteiger partial charge in [0.15, 0.2) is 5.76 Å². The van der Waals surface area contributed by atoms with Crippen molar-refractivity contribution < 1.29 is 15.3 Å². The molecule has 2 unspecified atom stereocenters. The summed E-state index contributed by atoms with van der Waals surface area (Å²) in [5, 5.41) is 30.1. The number of aliphatic hydroxyl groups excluding tert-OH is 3. The van der Waals surface area contributed by atoms with Crippen molar-refractivity contribution in [2.24, 2.45) is 23.2 Å². The molecular weight excluding hydrogens is 264 g/mol. The number of allylic oxidation sites excluding steroid dienone is 4. The van der Waals surface area contributed by atoms with Gasteiger partial charge in [0.25, 0.3) is 0 Å². The zero-order valence-corrected chi connectivity index (χ0v) is 12.5. The minimum atomic E-state index is -0.382. The number of fused-ring (bicyclic) bond motifs is 5. The fourth-order valence-electron chi connectivity index (χ4n) is 5.28. The normalized spacial score (nSPS) is 45.4. The van der Waals surface area contributed by atoms with Crippen LogP contribution in [0.2, 0.25) is 0 Å². The smallest absolute Gasteiger partial charge is 0.154 e. The molecule has 0 spiro atoms. The van der Waals surface area contributed by atoms with Crippen molar-refractivity contribution in [1.82, 2.24) is 0 Å². The van der Waals surface area contributed by atoms with E-state index in [1.807, 2.05) is 6.92 Å². The first-order valence-electron chi connectivity index (χ1n) is 8.24. The zero-order valence-electron chi connectivity index (χ0n) is 12.5. The summed E-state index contributed by atoms with van der Waals surface area (Å²) in [4.78, 5) is 0. The quantitative estimate of drug-likeness (QED) is 0.635. The summed E-state index contributed by atoms with van der Waals surface area (Å²) in [7, 11) is 0. The van der Waals surface area contributed by atoms with Crippen LogP contribution in [-0.4, -0.2) is 21.4 Å². The Balaban J connectivity index is 1.70. The van der Waals surface area contributed by atoms with Gasteiger partial charge in [0.1, 0.15) is 5.76 Å². The highest BCUT2D eigenvalue weighted by atomic mass is 16.3. The molecule has 3 heteroatoms. The molecule has 3 N–H and O–H groups in total. The van der Waals surface area contributed by atoms with E-state index >= 15 is 0 Å². The van der Waals surface area contributed by atoms with Gasteiger partial charge in [-0.2, -0.15) is 0 Å². The third-order valence-electron chi connectivity index (χ3n) is 6.48. The van der Waals surface area contributed by atoms with Crippen molar-refractivity contribution >= 4 is 0 Å². The fraction of sp³-hybridized carbons (Fsp3) is 0.667. The third kappa shape index (κ3) is 1.76. The van der Waals surface area contributed by atoms with Crippen LogP contribution in [0.15, 0.2) is 34.8 Å². The summed E-state index contributed by atoms with van der Waals surface area (Å²) >= 11 is 0. The SMILES string of the molecule is C[C@]12CC[C@H]3C(=CCC4CC(O)CC[C@@H]43)C1=CC(O)=C2O. The molecule has 4 aliphatic rings. The van der Waals surface area contributed by atoms with Crippen LogP contribution >= 0.6 is 0 Å². The van der Waals surface area contributed by atoms with E-state index in [1.54, 1.807) is 6.08 Å². The molecule has 0 aliphatic heterocycles. The lowest BCUT2D eigenvalue weighted by atomic mass is 9.56. The van der Waals surface area contributed by atoms with E-state index in [2.05, 4.69) is 6.08 Å². The van der Waals surface area contributed by atoms with E-state index in [0.717, 1.165) is 44.1 Å². The van der Waals surface area contributed by atoms with E-state index in [-0.39, 0.29) is 23.0 Å². The predicted octanol–water partition coefficient (Wildman–Crippen LogP) is 3.78. The van der Waals surface area contributed by atoms with Crippen molar-refractivity contribution in [2.75, 3.05) is 0 Å². The van der Waals surface area contributed by atoms with Crippen LogP contribution in [0, 0.1) is 23.2 Å². The largest absolute Gasteiger partial charge is 0.508 e. The summed E-state index contributed by atoms with van der Waals surface area (Å²) in [5.74, 6) is 2.04. The molecule has 2 fully saturated rings. The molecule has 0 aromatic rings. The van der Waals surface area contributed by atoms with Crippen LogP contribution in [-0.2, 0) is 0 Å². The lowest BCUT2D eigenvalue weighted by Crippen LogP contribution is -2.40. The highest BCUT2D eigenvalue weighted by molar-refractivity contribution is 5.53. The minimum Gasteiger partial charge on any atom is -0.508 e. The standard InChI is InChI=1S/C18H24O3/c1-18-7-6-13-12-5-3-11(19)8-10(12)2-4-14(13)15(18)9-16(20)17(18)21/h4,9-13,19-21H,2-3,5-8H2,1H3/t10?,11?,12-,13+,18-/m0/s1. The Bertz CT molecular complexity index is 571. The maximum absolute atomic E-state index is 10.2. The molecule has 114 valence electrons. The number of hydrogen-bond donors (Lipinski definition) is 3. The molecule has 3 nitrogen and oxygen atoms in total. The van der Waals surface area contributed by atoms with Gasteiger partial charge in [0, 0.05) is 0 Å². The summed E-state index contributed by atoms with van der Waals surface area (Å²) in [6.07, 6.45) is 9.98. The van der Waals surface area contributed by atoms with Crippen molar-refractivity contribution in [3.8, 4) is 0 Å². The van der Waals surface area contributed by atoms with Crippen LogP contribution < -0.4 is 0 Å². The average Bonchev–Trinajstić information content (AvgIpc) is 2.70. The minimum absolute atomic E-state index is 0.0511. The van der Waals surface area contributed by atoms with Crippen LogP contribution in [0.1, 0.15) is 45.4 Å². The second-order valence-electron chi connectivity index (χ2n) is 7.56. The molecule has 0 heterocycles. The van der Waals surface area contributed by atoms with Gasteiger partial charge in [-0.3, -0.25) is 0 Å². The van der Waals surface area contributed by atoms with Gasteiger partial charge in [-0.15, -0.1) is 0 Å². The first-order chi connectivity index (χ1) is 10.0. The molecule has 0 aromatic heterocycles. The van der Waals surface area contributed by atoms with Crippen molar-refractivity contribution in [3.05, 3.63) is 34.8 Å². The molecule has 0 aromatic carbocycles. The van der Waals surface area contributed by atoms with Crippen LogP contribution in [0.3, 0.4) is 0 Å². The molecule has 0 radical (unpaired) electrons. The fourth-order valence-corrected chi connectivity index (χ4v) is 5.28. The first-order valence-corrected chi connectivity index (χ1v) is 8.24. The lowest BCUT2D eigenvalue weighted by molar-refractivity contribution is 0.0405. The summed E-state index contributed by atoms with van der Waals surface area (Å²) in [5.41, 5.74) is 2.11. The molecular formula is C18H24O3. The summed E-state index contributed by atoms with van der Waals surface area (Å²) in [6.45, 7) is 2.05. The van der Waals surface area contributed by atoms with Gasteiger partial charge in [-0.05, 0) is 80.4 Å². The summed E-state index contributed by atoms with van der Waals surface area (Å²) in [6, 6.07) is 0. The Hall–Kier alpha value is -1.22. The molecule has 5 atom stereocenters. The first kappa shape index (κ1) is 13.4. The molecule has 0 amide bonds. The highest BCUT2D eigenvalue weighted by Gasteiger charge is 2.50. The van der Waals surface area contributed by atoms with Gasteiger partial charge in [-0.1, -0.05) is 6.08 Å². The van der Waals surface area contributed by atoms with Crippen molar-refractivity contribution in [1.29, 1.82) is 0 Å². The molecule has 4 rings (SSSR count). The maximum Gasteiger partial charge on any atom is 0.154 e. The number of aliphatic hydroxyl groups is 3. The topological polar surface area (TPSA) is 60.7 Å². The molecule has 0 bridgehead atoms. The van der Waals surface area contributed by atoms with E-state index in [4.69, 9.17) is 0 Å². The second kappa shape index (κ2) is 4.39. The Labute approximate surface area is 125 Å². The van der Waals surface area contributed by atoms with Crippen LogP contribution in [0.4, 0.5) is 0 Å². The van der Waals surface area contributed by atoms with Gasteiger partial charge in [-0.25, -0.2) is 0 Å². The van der Waals surface area contributed by atoms with Gasteiger partial charge in [0.05, 0.1) is 11.5 Å². The zero-order chi connectivity index (χ0) is 14.8. The van der Waals surface area contributed by atoms with E-state index in [0.29, 0.717) is 17.8 Å². The Morgan fingerprint density at radius 3 is 2.81 bits per heavy atom. The monoisotopic (exact) mass is 288 g/mol. The predicted molar refractivity (Wildman–Crippen MR) is 80.7 cm³/mol.